The molecule has 0 spiro atoms. The molecule has 7 heteroatoms. The van der Waals surface area contributed by atoms with Gasteiger partial charge in [0.1, 0.15) is 5.75 Å². The van der Waals surface area contributed by atoms with Gasteiger partial charge in [-0.25, -0.2) is 5.43 Å². The van der Waals surface area contributed by atoms with Crippen molar-refractivity contribution >= 4 is 38.8 Å². The van der Waals surface area contributed by atoms with Crippen molar-refractivity contribution in [2.75, 3.05) is 13.2 Å². The minimum absolute atomic E-state index is 0.0199. The molecule has 0 heterocycles. The van der Waals surface area contributed by atoms with Crippen LogP contribution in [0.4, 0.5) is 0 Å². The fraction of sp³-hybridized carbons (Fsp3) is 0.143. The van der Waals surface area contributed by atoms with Gasteiger partial charge in [-0.05, 0) is 52.0 Å². The van der Waals surface area contributed by atoms with E-state index >= 15 is 0 Å². The predicted molar refractivity (Wildman–Crippen MR) is 112 cm³/mol. The molecule has 6 nitrogen and oxygen atoms in total. The van der Waals surface area contributed by atoms with Gasteiger partial charge in [0.05, 0.1) is 17.3 Å². The quantitative estimate of drug-likeness (QED) is 0.423. The van der Waals surface area contributed by atoms with Crippen LogP contribution in [0, 0.1) is 0 Å². The van der Waals surface area contributed by atoms with E-state index in [-0.39, 0.29) is 18.3 Å². The number of hydrazone groups is 1. The highest BCUT2D eigenvalue weighted by Crippen LogP contribution is 2.35. The first-order valence-electron chi connectivity index (χ1n) is 8.66. The fourth-order valence-corrected chi connectivity index (χ4v) is 3.07. The van der Waals surface area contributed by atoms with Gasteiger partial charge in [0, 0.05) is 5.39 Å². The molecule has 2 N–H and O–H groups in total. The molecular formula is C21H19BrN2O4. The Morgan fingerprint density at radius 2 is 1.93 bits per heavy atom. The zero-order valence-electron chi connectivity index (χ0n) is 15.2. The van der Waals surface area contributed by atoms with Gasteiger partial charge in [0.15, 0.2) is 18.1 Å². The van der Waals surface area contributed by atoms with E-state index in [4.69, 9.17) is 9.47 Å². The van der Waals surface area contributed by atoms with Crippen LogP contribution in [-0.2, 0) is 4.79 Å². The molecule has 0 aliphatic carbocycles. The maximum atomic E-state index is 12.0. The van der Waals surface area contributed by atoms with Gasteiger partial charge in [0.25, 0.3) is 5.91 Å². The van der Waals surface area contributed by atoms with Crippen LogP contribution in [0.15, 0.2) is 64.2 Å². The second-order valence-electron chi connectivity index (χ2n) is 5.84. The van der Waals surface area contributed by atoms with Crippen molar-refractivity contribution in [3.05, 3.63) is 64.6 Å². The molecule has 3 rings (SSSR count). The summed E-state index contributed by atoms with van der Waals surface area (Å²) in [5.41, 5.74) is 3.08. The highest BCUT2D eigenvalue weighted by Gasteiger charge is 2.09. The van der Waals surface area contributed by atoms with Gasteiger partial charge in [-0.2, -0.15) is 5.10 Å². The van der Waals surface area contributed by atoms with Crippen molar-refractivity contribution in [1.82, 2.24) is 5.43 Å². The zero-order chi connectivity index (χ0) is 19.9. The van der Waals surface area contributed by atoms with Crippen molar-refractivity contribution in [2.45, 2.75) is 6.92 Å². The first kappa shape index (κ1) is 19.7. The topological polar surface area (TPSA) is 80.2 Å². The number of amides is 1. The third-order valence-electron chi connectivity index (χ3n) is 3.86. The van der Waals surface area contributed by atoms with E-state index in [1.807, 2.05) is 49.4 Å². The molecule has 144 valence electrons. The molecule has 0 aliphatic heterocycles. The smallest absolute Gasteiger partial charge is 0.277 e. The van der Waals surface area contributed by atoms with Gasteiger partial charge >= 0.3 is 0 Å². The number of aromatic hydroxyl groups is 1. The number of nitrogens with one attached hydrogen (secondary N) is 1. The number of carbonyl (C=O) groups is 1. The molecule has 0 fully saturated rings. The molecule has 1 amide bonds. The van der Waals surface area contributed by atoms with E-state index in [1.165, 1.54) is 6.21 Å². The van der Waals surface area contributed by atoms with Crippen molar-refractivity contribution < 1.29 is 19.4 Å². The summed E-state index contributed by atoms with van der Waals surface area (Å²) in [5, 5.41) is 15.8. The minimum Gasteiger partial charge on any atom is -0.503 e. The van der Waals surface area contributed by atoms with E-state index in [0.29, 0.717) is 28.1 Å². The summed E-state index contributed by atoms with van der Waals surface area (Å²) in [6.07, 6.45) is 1.46. The van der Waals surface area contributed by atoms with Crippen LogP contribution >= 0.6 is 15.9 Å². The first-order chi connectivity index (χ1) is 13.6. The molecule has 0 atom stereocenters. The van der Waals surface area contributed by atoms with Gasteiger partial charge < -0.3 is 14.6 Å². The SMILES string of the molecule is CCOc1cc(C=NNC(=O)COc2cccc3ccccc23)cc(Br)c1O. The summed E-state index contributed by atoms with van der Waals surface area (Å²) in [6.45, 7) is 2.09. The van der Waals surface area contributed by atoms with E-state index < -0.39 is 0 Å². The normalized spacial score (nSPS) is 10.9. The molecular weight excluding hydrogens is 424 g/mol. The largest absolute Gasteiger partial charge is 0.503 e. The highest BCUT2D eigenvalue weighted by atomic mass is 79.9. The number of ether oxygens (including phenoxy) is 2. The maximum Gasteiger partial charge on any atom is 0.277 e. The Bertz CT molecular complexity index is 1020. The molecule has 28 heavy (non-hydrogen) atoms. The van der Waals surface area contributed by atoms with Crippen molar-refractivity contribution in [3.8, 4) is 17.2 Å². The number of fused-ring (bicyclic) bond motifs is 1. The first-order valence-corrected chi connectivity index (χ1v) is 9.45. The maximum absolute atomic E-state index is 12.0. The van der Waals surface area contributed by atoms with Crippen LogP contribution < -0.4 is 14.9 Å². The van der Waals surface area contributed by atoms with Gasteiger partial charge in [-0.15, -0.1) is 0 Å². The lowest BCUT2D eigenvalue weighted by atomic mass is 10.1. The lowest BCUT2D eigenvalue weighted by Crippen LogP contribution is -2.24. The molecule has 0 radical (unpaired) electrons. The van der Waals surface area contributed by atoms with Crippen LogP contribution in [0.1, 0.15) is 12.5 Å². The lowest BCUT2D eigenvalue weighted by Gasteiger charge is -2.09. The van der Waals surface area contributed by atoms with Crippen molar-refractivity contribution in [2.24, 2.45) is 5.10 Å². The summed E-state index contributed by atoms with van der Waals surface area (Å²) in [6, 6.07) is 16.8. The Kier molecular flexibility index (Phi) is 6.49. The number of phenols is 1. The Labute approximate surface area is 170 Å². The van der Waals surface area contributed by atoms with Gasteiger partial charge in [0.2, 0.25) is 0 Å². The van der Waals surface area contributed by atoms with Crippen LogP contribution in [-0.4, -0.2) is 30.4 Å². The molecule has 0 saturated carbocycles. The van der Waals surface area contributed by atoms with Crippen LogP contribution in [0.3, 0.4) is 0 Å². The number of nitrogens with zero attached hydrogens (tertiary/aromatic N) is 1. The van der Waals surface area contributed by atoms with E-state index in [1.54, 1.807) is 12.1 Å². The number of hydrogen-bond acceptors (Lipinski definition) is 5. The number of benzene rings is 3. The third-order valence-corrected chi connectivity index (χ3v) is 4.47. The Morgan fingerprint density at radius 1 is 1.14 bits per heavy atom. The standard InChI is InChI=1S/C21H19BrN2O4/c1-2-27-19-11-14(10-17(22)21(19)26)12-23-24-20(25)13-28-18-9-5-7-15-6-3-4-8-16(15)18/h3-12,26H,2,13H2,1H3,(H,24,25). The van der Waals surface area contributed by atoms with Crippen LogP contribution in [0.2, 0.25) is 0 Å². The summed E-state index contributed by atoms with van der Waals surface area (Å²) >= 11 is 3.26. The number of halogens is 1. The average molecular weight is 443 g/mol. The third kappa shape index (κ3) is 4.80. The number of carbonyl (C=O) groups excluding carboxylic acids is 1. The van der Waals surface area contributed by atoms with Gasteiger partial charge in [-0.3, -0.25) is 4.79 Å². The summed E-state index contributed by atoms with van der Waals surface area (Å²) in [5.74, 6) is 0.614. The molecule has 0 bridgehead atoms. The molecule has 3 aromatic carbocycles. The summed E-state index contributed by atoms with van der Waals surface area (Å²) in [7, 11) is 0. The Morgan fingerprint density at radius 3 is 2.75 bits per heavy atom. The molecule has 0 saturated heterocycles. The number of phenolic OH excluding ortho intramolecular Hbond substituents is 1. The molecule has 0 aliphatic rings. The molecule has 0 unspecified atom stereocenters. The van der Waals surface area contributed by atoms with Crippen molar-refractivity contribution in [1.29, 1.82) is 0 Å². The van der Waals surface area contributed by atoms with Crippen LogP contribution in [0.5, 0.6) is 17.2 Å². The van der Waals surface area contributed by atoms with Crippen LogP contribution in [0.25, 0.3) is 10.8 Å². The predicted octanol–water partition coefficient (Wildman–Crippen LogP) is 4.24. The molecule has 0 aromatic heterocycles. The van der Waals surface area contributed by atoms with Crippen molar-refractivity contribution in [3.63, 3.8) is 0 Å². The second-order valence-corrected chi connectivity index (χ2v) is 6.70. The second kappa shape index (κ2) is 9.23. The highest BCUT2D eigenvalue weighted by molar-refractivity contribution is 9.10. The molecule has 3 aromatic rings. The Hall–Kier alpha value is -3.06. The van der Waals surface area contributed by atoms with E-state index in [0.717, 1.165) is 10.8 Å². The number of hydrogen-bond donors (Lipinski definition) is 2. The fourth-order valence-electron chi connectivity index (χ4n) is 2.61. The van der Waals surface area contributed by atoms with E-state index in [2.05, 4.69) is 26.5 Å². The average Bonchev–Trinajstić information content (AvgIpc) is 2.70. The zero-order valence-corrected chi connectivity index (χ0v) is 16.8. The monoisotopic (exact) mass is 442 g/mol. The van der Waals surface area contributed by atoms with Gasteiger partial charge in [-0.1, -0.05) is 36.4 Å². The van der Waals surface area contributed by atoms with E-state index in [9.17, 15) is 9.90 Å². The Balaban J connectivity index is 1.60. The lowest BCUT2D eigenvalue weighted by molar-refractivity contribution is -0.123. The number of rotatable bonds is 7. The summed E-state index contributed by atoms with van der Waals surface area (Å²) < 4.78 is 11.5. The minimum atomic E-state index is -0.382. The summed E-state index contributed by atoms with van der Waals surface area (Å²) in [4.78, 5) is 12.0.